The van der Waals surface area contributed by atoms with Crippen molar-refractivity contribution >= 4 is 48.3 Å². The van der Waals surface area contributed by atoms with E-state index in [0.717, 1.165) is 22.2 Å². The maximum absolute atomic E-state index is 12.7. The molecule has 0 spiro atoms. The van der Waals surface area contributed by atoms with E-state index in [-0.39, 0.29) is 108 Å². The van der Waals surface area contributed by atoms with E-state index in [1.165, 1.54) is 27.3 Å². The van der Waals surface area contributed by atoms with E-state index in [4.69, 9.17) is 9.41 Å². The van der Waals surface area contributed by atoms with Gasteiger partial charge in [0.1, 0.15) is 10.1 Å². The molecule has 290 valence electrons. The summed E-state index contributed by atoms with van der Waals surface area (Å²) >= 11 is -0.247. The Labute approximate surface area is 390 Å². The van der Waals surface area contributed by atoms with Crippen LogP contribution in [0, 0.1) is 9.64 Å². The van der Waals surface area contributed by atoms with Crippen molar-refractivity contribution in [2.24, 2.45) is 4.99 Å². The van der Waals surface area contributed by atoms with Crippen molar-refractivity contribution in [3.63, 3.8) is 0 Å². The summed E-state index contributed by atoms with van der Waals surface area (Å²) in [6.07, 6.45) is 1.10. The van der Waals surface area contributed by atoms with Crippen molar-refractivity contribution in [1.29, 1.82) is 0 Å². The molecular weight excluding hydrogens is 893 g/mol. The van der Waals surface area contributed by atoms with E-state index in [9.17, 15) is 25.9 Å². The molecule has 0 aromatic heterocycles. The Hall–Kier alpha value is -2.08. The van der Waals surface area contributed by atoms with Crippen LogP contribution in [0.3, 0.4) is 0 Å². The molecule has 6 rings (SSSR count). The second kappa shape index (κ2) is 19.5. The fraction of sp³-hybridized carbons (Fsp3) is 0.279. The monoisotopic (exact) mass is 937 g/mol. The molecule has 0 bridgehead atoms. The summed E-state index contributed by atoms with van der Waals surface area (Å²) in [6, 6.07) is 27.7. The van der Waals surface area contributed by atoms with E-state index in [2.05, 4.69) is 38.2 Å². The van der Waals surface area contributed by atoms with Crippen molar-refractivity contribution in [3.05, 3.63) is 117 Å². The first-order chi connectivity index (χ1) is 26.0. The average Bonchev–Trinajstić information content (AvgIpc) is 3.12. The first-order valence-electron chi connectivity index (χ1n) is 18.1. The molecule has 4 aromatic carbocycles. The van der Waals surface area contributed by atoms with Gasteiger partial charge in [0.25, 0.3) is 0 Å². The van der Waals surface area contributed by atoms with Gasteiger partial charge in [-0.05, 0) is 35.1 Å². The first kappa shape index (κ1) is 47.6. The van der Waals surface area contributed by atoms with Gasteiger partial charge in [-0.25, -0.2) is 8.42 Å². The van der Waals surface area contributed by atoms with Crippen molar-refractivity contribution < 1.29 is 111 Å². The van der Waals surface area contributed by atoms with Gasteiger partial charge in [0.05, 0.1) is 4.90 Å². The molecule has 57 heavy (non-hydrogen) atoms. The van der Waals surface area contributed by atoms with Crippen LogP contribution < -0.4 is 91.0 Å². The quantitative estimate of drug-likeness (QED) is 0.0465. The van der Waals surface area contributed by atoms with Crippen LogP contribution in [0.15, 0.2) is 104 Å². The minimum atomic E-state index is -4.71. The number of alkyl halides is 1. The molecule has 0 fully saturated rings. The third kappa shape index (κ3) is 10.6. The Bertz CT molecular complexity index is 2650. The summed E-state index contributed by atoms with van der Waals surface area (Å²) in [7, 11) is -9.32. The molecule has 2 N–H and O–H groups in total. The number of hydrogen-bond donors (Lipinski definition) is 2. The molecule has 2 aliphatic rings. The molecule has 1 aliphatic heterocycles. The SMILES string of the molecule is CCC[I-]c1c[c-]cc(C(C)C)c1Nc1ccc2c(-c3ccccc3S(=O)(=O)O)c3ccc(=Nc4c(C(C)C)cc(S(=O)(=O)[O-])cc4C(C)C)cc-3oc2c1.[Na+].[Na+]. The van der Waals surface area contributed by atoms with Crippen LogP contribution in [-0.2, 0) is 20.2 Å². The molecule has 0 unspecified atom stereocenters. The maximum Gasteiger partial charge on any atom is 1.00 e. The zero-order chi connectivity index (χ0) is 39.8. The van der Waals surface area contributed by atoms with Gasteiger partial charge in [0.2, 0.25) is 0 Å². The third-order valence-corrected chi connectivity index (χ3v) is 14.4. The predicted molar refractivity (Wildman–Crippen MR) is 212 cm³/mol. The summed E-state index contributed by atoms with van der Waals surface area (Å²) in [5, 5.41) is 4.83. The largest absolute Gasteiger partial charge is 1.00 e. The van der Waals surface area contributed by atoms with E-state index in [1.54, 1.807) is 36.4 Å². The summed E-state index contributed by atoms with van der Waals surface area (Å²) in [4.78, 5) is 4.50. The maximum atomic E-state index is 12.7. The van der Waals surface area contributed by atoms with Crippen molar-refractivity contribution in [1.82, 2.24) is 0 Å². The van der Waals surface area contributed by atoms with Gasteiger partial charge in [-0.15, -0.1) is 0 Å². The Morgan fingerprint density at radius 3 is 2.07 bits per heavy atom. The first-order valence-corrected chi connectivity index (χ1v) is 23.6. The fourth-order valence-corrected chi connectivity index (χ4v) is 10.3. The molecule has 0 saturated carbocycles. The van der Waals surface area contributed by atoms with Crippen LogP contribution in [0.1, 0.15) is 89.3 Å². The number of benzene rings is 5. The van der Waals surface area contributed by atoms with Gasteiger partial charge in [-0.1, -0.05) is 27.7 Å². The molecule has 9 nitrogen and oxygen atoms in total. The Kier molecular flexibility index (Phi) is 16.3. The number of nitrogens with zero attached hydrogens (tertiary/aromatic N) is 1. The van der Waals surface area contributed by atoms with E-state index in [1.807, 2.05) is 52.0 Å². The number of rotatable bonds is 12. The Morgan fingerprint density at radius 1 is 0.825 bits per heavy atom. The van der Waals surface area contributed by atoms with Crippen LogP contribution in [0.4, 0.5) is 17.1 Å². The zero-order valence-electron chi connectivity index (χ0n) is 33.8. The van der Waals surface area contributed by atoms with Crippen LogP contribution in [0.2, 0.25) is 0 Å². The normalized spacial score (nSPS) is 12.5. The van der Waals surface area contributed by atoms with Crippen molar-refractivity contribution in [2.45, 2.75) is 82.4 Å². The molecule has 1 heterocycles. The number of halogens is 1. The van der Waals surface area contributed by atoms with Crippen LogP contribution >= 0.6 is 0 Å². The summed E-state index contributed by atoms with van der Waals surface area (Å²) in [5.41, 5.74) is 6.79. The van der Waals surface area contributed by atoms with E-state index < -0.39 is 20.2 Å². The molecule has 0 saturated heterocycles. The average molecular weight is 938 g/mol. The minimum Gasteiger partial charge on any atom is 1.00 e. The third-order valence-electron chi connectivity index (χ3n) is 9.35. The number of anilines is 2. The van der Waals surface area contributed by atoms with Crippen molar-refractivity contribution in [2.75, 3.05) is 9.74 Å². The van der Waals surface area contributed by atoms with Gasteiger partial charge in [0, 0.05) is 0 Å². The van der Waals surface area contributed by atoms with Gasteiger partial charge in [-0.3, -0.25) is 0 Å². The standard InChI is InChI=1S/C43H45IN2O7S2.2Na/c1-8-20-44-37-14-11-13-31(25(2)3)43(37)46-29-17-19-33-39(22-29)53-38-21-28(16-18-32(38)41(33)34-12-9-10-15-40(34)55(50,51)52)45-42-35(26(4)5)23-30(54(47,48)49)24-36(42)27(6)7;;/h9-10,12-19,21-27,46H,8,20H2,1-7H3,(H,47,48,49)(H,50,51,52);;/q-2;2*+1/p-1. The second-order valence-electron chi connectivity index (χ2n) is 14.4. The molecule has 1 aliphatic carbocycles. The van der Waals surface area contributed by atoms with Crippen molar-refractivity contribution in [3.8, 4) is 22.5 Å². The van der Waals surface area contributed by atoms with Crippen LogP contribution in [0.5, 0.6) is 0 Å². The zero-order valence-corrected chi connectivity index (χ0v) is 41.6. The van der Waals surface area contributed by atoms with Gasteiger partial charge >= 0.3 is 304 Å². The molecule has 4 aromatic rings. The molecule has 0 atom stereocenters. The number of fused-ring (bicyclic) bond motifs is 2. The van der Waals surface area contributed by atoms with Gasteiger partial charge in [0.15, 0.2) is 0 Å². The molecule has 0 amide bonds. The second-order valence-corrected chi connectivity index (χ2v) is 20.2. The van der Waals surface area contributed by atoms with Gasteiger partial charge < -0.3 is 4.55 Å². The topological polar surface area (TPSA) is 149 Å². The Morgan fingerprint density at radius 2 is 1.47 bits per heavy atom. The van der Waals surface area contributed by atoms with Crippen LogP contribution in [-0.4, -0.2) is 30.4 Å². The summed E-state index contributed by atoms with van der Waals surface area (Å²) in [6.45, 7) is 14.2. The smallest absolute Gasteiger partial charge is 1.00 e. The van der Waals surface area contributed by atoms with E-state index >= 15 is 0 Å². The number of hydrogen-bond acceptors (Lipinski definition) is 8. The Balaban J connectivity index is 0.00000360. The van der Waals surface area contributed by atoms with Gasteiger partial charge in [-0.2, -0.15) is 0 Å². The number of nitrogens with one attached hydrogen (secondary N) is 1. The summed E-state index contributed by atoms with van der Waals surface area (Å²) in [5.74, 6) is 0.376. The minimum absolute atomic E-state index is 0. The summed E-state index contributed by atoms with van der Waals surface area (Å²) < 4.78 is 81.2. The molecular formula is C43H44IN2Na2O7S2-. The molecule has 14 heteroatoms. The van der Waals surface area contributed by atoms with E-state index in [0.29, 0.717) is 55.6 Å². The molecule has 0 radical (unpaired) electrons. The fourth-order valence-electron chi connectivity index (χ4n) is 6.67. The predicted octanol–water partition coefficient (Wildman–Crippen LogP) is 1.18. The van der Waals surface area contributed by atoms with Crippen LogP contribution in [0.25, 0.3) is 33.4 Å².